The molecule has 0 spiro atoms. The molecule has 0 fully saturated rings. The maximum absolute atomic E-state index is 12.7. The molecule has 4 rings (SSSR count). The van der Waals surface area contributed by atoms with Gasteiger partial charge in [0.25, 0.3) is 0 Å². The predicted octanol–water partition coefficient (Wildman–Crippen LogP) is 2.73. The number of carbonyl (C=O) groups excluding carboxylic acids is 2. The molecule has 0 aliphatic heterocycles. The van der Waals surface area contributed by atoms with Gasteiger partial charge < -0.3 is 15.3 Å². The zero-order valence-electron chi connectivity index (χ0n) is 11.7. The van der Waals surface area contributed by atoms with Crippen LogP contribution in [0, 0.1) is 0 Å². The van der Waals surface area contributed by atoms with Gasteiger partial charge in [0.15, 0.2) is 11.6 Å². The maximum Gasteiger partial charge on any atom is 0.198 e. The van der Waals surface area contributed by atoms with Crippen molar-refractivity contribution in [2.75, 3.05) is 0 Å². The highest BCUT2D eigenvalue weighted by atomic mass is 16.3. The van der Waals surface area contributed by atoms with Gasteiger partial charge in [0.05, 0.1) is 11.1 Å². The van der Waals surface area contributed by atoms with E-state index in [9.17, 15) is 24.9 Å². The van der Waals surface area contributed by atoms with Crippen LogP contribution in [0.5, 0.6) is 17.2 Å². The molecule has 5 heteroatoms. The summed E-state index contributed by atoms with van der Waals surface area (Å²) >= 11 is 0. The van der Waals surface area contributed by atoms with Crippen LogP contribution in [0.25, 0.3) is 10.8 Å². The first-order valence-electron chi connectivity index (χ1n) is 6.89. The summed E-state index contributed by atoms with van der Waals surface area (Å²) in [5.74, 6) is -2.00. The molecular weight excluding hydrogens is 296 g/mol. The molecule has 5 nitrogen and oxygen atoms in total. The molecule has 0 heterocycles. The molecule has 1 aliphatic carbocycles. The molecule has 0 unspecified atom stereocenters. The van der Waals surface area contributed by atoms with Crippen molar-refractivity contribution < 1.29 is 24.9 Å². The number of rotatable bonds is 0. The molecule has 23 heavy (non-hydrogen) atoms. The first-order valence-corrected chi connectivity index (χ1v) is 6.89. The Morgan fingerprint density at radius 1 is 0.652 bits per heavy atom. The molecule has 0 saturated heterocycles. The highest BCUT2D eigenvalue weighted by molar-refractivity contribution is 6.32. The second-order valence-electron chi connectivity index (χ2n) is 5.38. The Kier molecular flexibility index (Phi) is 2.51. The Hall–Kier alpha value is -3.34. The van der Waals surface area contributed by atoms with Crippen molar-refractivity contribution in [1.29, 1.82) is 0 Å². The molecule has 1 aliphatic rings. The fraction of sp³-hybridized carbons (Fsp3) is 0. The zero-order valence-corrected chi connectivity index (χ0v) is 11.7. The summed E-state index contributed by atoms with van der Waals surface area (Å²) in [6, 6.07) is 10.3. The van der Waals surface area contributed by atoms with Gasteiger partial charge in [-0.3, -0.25) is 9.59 Å². The van der Waals surface area contributed by atoms with Crippen LogP contribution in [0.15, 0.2) is 42.5 Å². The van der Waals surface area contributed by atoms with Crippen LogP contribution in [0.4, 0.5) is 0 Å². The van der Waals surface area contributed by atoms with Crippen LogP contribution in [-0.2, 0) is 0 Å². The van der Waals surface area contributed by atoms with Crippen LogP contribution < -0.4 is 0 Å². The number of ketones is 2. The van der Waals surface area contributed by atoms with Crippen LogP contribution in [0.2, 0.25) is 0 Å². The number of fused-ring (bicyclic) bond motifs is 3. The van der Waals surface area contributed by atoms with Crippen LogP contribution in [0.1, 0.15) is 31.8 Å². The number of phenols is 3. The van der Waals surface area contributed by atoms with Gasteiger partial charge >= 0.3 is 0 Å². The first kappa shape index (κ1) is 13.3. The summed E-state index contributed by atoms with van der Waals surface area (Å²) in [4.78, 5) is 25.4. The van der Waals surface area contributed by atoms with E-state index in [2.05, 4.69) is 0 Å². The fourth-order valence-corrected chi connectivity index (χ4v) is 3.03. The van der Waals surface area contributed by atoms with Gasteiger partial charge in [-0.1, -0.05) is 24.3 Å². The van der Waals surface area contributed by atoms with E-state index in [0.717, 1.165) is 0 Å². The van der Waals surface area contributed by atoms with E-state index < -0.39 is 11.6 Å². The number of aromatic hydroxyl groups is 3. The molecule has 0 amide bonds. The Balaban J connectivity index is 2.17. The first-order chi connectivity index (χ1) is 11.0. The second kappa shape index (κ2) is 4.33. The molecule has 3 N–H and O–H groups in total. The van der Waals surface area contributed by atoms with Gasteiger partial charge in [-0.05, 0) is 18.2 Å². The lowest BCUT2D eigenvalue weighted by atomic mass is 9.81. The minimum atomic E-state index is -0.607. The summed E-state index contributed by atoms with van der Waals surface area (Å²) in [6.45, 7) is 0. The topological polar surface area (TPSA) is 94.8 Å². The summed E-state index contributed by atoms with van der Waals surface area (Å²) < 4.78 is 0. The highest BCUT2D eigenvalue weighted by Crippen LogP contribution is 2.44. The minimum Gasteiger partial charge on any atom is -0.508 e. The average molecular weight is 306 g/mol. The van der Waals surface area contributed by atoms with Gasteiger partial charge in [0.1, 0.15) is 17.2 Å². The summed E-state index contributed by atoms with van der Waals surface area (Å²) in [6.07, 6.45) is 0. The van der Waals surface area contributed by atoms with Crippen LogP contribution in [-0.4, -0.2) is 26.9 Å². The van der Waals surface area contributed by atoms with Crippen molar-refractivity contribution in [2.24, 2.45) is 0 Å². The Morgan fingerprint density at radius 2 is 1.17 bits per heavy atom. The number of phenolic OH excluding ortho intramolecular Hbond substituents is 3. The molecule has 0 radical (unpaired) electrons. The molecule has 112 valence electrons. The molecule has 0 saturated carbocycles. The van der Waals surface area contributed by atoms with E-state index in [-0.39, 0.29) is 44.9 Å². The Labute approximate surface area is 130 Å². The molecule has 3 aromatic rings. The van der Waals surface area contributed by atoms with E-state index in [4.69, 9.17) is 0 Å². The second-order valence-corrected chi connectivity index (χ2v) is 5.38. The van der Waals surface area contributed by atoms with Crippen molar-refractivity contribution >= 4 is 22.3 Å². The van der Waals surface area contributed by atoms with Crippen molar-refractivity contribution in [1.82, 2.24) is 0 Å². The van der Waals surface area contributed by atoms with Crippen molar-refractivity contribution in [3.05, 3.63) is 64.7 Å². The highest BCUT2D eigenvalue weighted by Gasteiger charge is 2.36. The molecule has 3 aromatic carbocycles. The minimum absolute atomic E-state index is 0.00693. The van der Waals surface area contributed by atoms with Crippen molar-refractivity contribution in [3.63, 3.8) is 0 Å². The third-order valence-electron chi connectivity index (χ3n) is 4.11. The summed E-state index contributed by atoms with van der Waals surface area (Å²) in [5.41, 5.74) is -0.341. The van der Waals surface area contributed by atoms with Crippen LogP contribution >= 0.6 is 0 Å². The van der Waals surface area contributed by atoms with Crippen LogP contribution in [0.3, 0.4) is 0 Å². The van der Waals surface area contributed by atoms with Gasteiger partial charge in [-0.2, -0.15) is 0 Å². The SMILES string of the molecule is O=C1c2ccc(O)cc2C(=O)c2c1c(O)c1ccccc1c2O. The lowest BCUT2D eigenvalue weighted by Crippen LogP contribution is -2.21. The Morgan fingerprint density at radius 3 is 1.74 bits per heavy atom. The van der Waals surface area contributed by atoms with E-state index in [1.54, 1.807) is 24.3 Å². The third kappa shape index (κ3) is 1.61. The fourth-order valence-electron chi connectivity index (χ4n) is 3.03. The Bertz CT molecular complexity index is 1030. The lowest BCUT2D eigenvalue weighted by Gasteiger charge is -2.21. The largest absolute Gasteiger partial charge is 0.508 e. The zero-order chi connectivity index (χ0) is 16.3. The normalized spacial score (nSPS) is 13.0. The van der Waals surface area contributed by atoms with Gasteiger partial charge in [-0.15, -0.1) is 0 Å². The molecule has 0 aromatic heterocycles. The standard InChI is InChI=1S/C18H10O5/c19-8-5-6-11-12(7-8)18(23)14-13(17(11)22)15(20)9-3-1-2-4-10(9)16(14)21/h1-7,19-21H. The van der Waals surface area contributed by atoms with Gasteiger partial charge in [0.2, 0.25) is 0 Å². The van der Waals surface area contributed by atoms with Gasteiger partial charge in [0, 0.05) is 21.9 Å². The van der Waals surface area contributed by atoms with Crippen molar-refractivity contribution in [2.45, 2.75) is 0 Å². The number of hydrogen-bond donors (Lipinski definition) is 3. The van der Waals surface area contributed by atoms with E-state index >= 15 is 0 Å². The molecular formula is C18H10O5. The summed E-state index contributed by atoms with van der Waals surface area (Å²) in [7, 11) is 0. The number of hydrogen-bond acceptors (Lipinski definition) is 5. The third-order valence-corrected chi connectivity index (χ3v) is 4.11. The van der Waals surface area contributed by atoms with Crippen molar-refractivity contribution in [3.8, 4) is 17.2 Å². The maximum atomic E-state index is 12.7. The molecule has 0 atom stereocenters. The summed E-state index contributed by atoms with van der Waals surface area (Å²) in [5, 5.41) is 31.1. The van der Waals surface area contributed by atoms with E-state index in [1.165, 1.54) is 18.2 Å². The van der Waals surface area contributed by atoms with Gasteiger partial charge in [-0.25, -0.2) is 0 Å². The quantitative estimate of drug-likeness (QED) is 0.434. The van der Waals surface area contributed by atoms with E-state index in [0.29, 0.717) is 5.39 Å². The number of benzene rings is 3. The lowest BCUT2D eigenvalue weighted by molar-refractivity contribution is 0.0974. The predicted molar refractivity (Wildman–Crippen MR) is 82.2 cm³/mol. The monoisotopic (exact) mass is 306 g/mol. The molecule has 0 bridgehead atoms. The smallest absolute Gasteiger partial charge is 0.198 e. The average Bonchev–Trinajstić information content (AvgIpc) is 2.56. The number of carbonyl (C=O) groups is 2. The van der Waals surface area contributed by atoms with E-state index in [1.807, 2.05) is 0 Å².